The Morgan fingerprint density at radius 1 is 0.825 bits per heavy atom. The highest BCUT2D eigenvalue weighted by molar-refractivity contribution is 6.52. The maximum absolute atomic E-state index is 6.34. The van der Waals surface area contributed by atoms with E-state index in [0.717, 1.165) is 56.8 Å². The van der Waals surface area contributed by atoms with Crippen molar-refractivity contribution in [3.8, 4) is 5.69 Å². The number of aromatic nitrogens is 2. The largest absolute Gasteiger partial charge is 0.335 e. The number of anilines is 2. The first-order valence-electron chi connectivity index (χ1n) is 13.3. The number of hydrogen-bond donors (Lipinski definition) is 1. The highest BCUT2D eigenvalue weighted by Crippen LogP contribution is 2.48. The molecule has 5 aromatic rings. The number of nitrogens with one attached hydrogen (secondary N) is 1. The third-order valence-electron chi connectivity index (χ3n) is 7.68. The molecule has 7 heteroatoms. The average molecular weight is 543 g/mol. The van der Waals surface area contributed by atoms with Gasteiger partial charge < -0.3 is 10.2 Å². The van der Waals surface area contributed by atoms with Gasteiger partial charge in [-0.25, -0.2) is 14.7 Å². The van der Waals surface area contributed by atoms with E-state index in [-0.39, 0.29) is 6.04 Å². The zero-order valence-corrected chi connectivity index (χ0v) is 23.2. The van der Waals surface area contributed by atoms with E-state index < -0.39 is 0 Å². The van der Waals surface area contributed by atoms with Gasteiger partial charge in [-0.2, -0.15) is 5.10 Å². The second-order valence-corrected chi connectivity index (χ2v) is 10.6. The summed E-state index contributed by atoms with van der Waals surface area (Å²) < 4.78 is 1.94. The molecule has 4 aromatic carbocycles. The Morgan fingerprint density at radius 3 is 2.38 bits per heavy atom. The van der Waals surface area contributed by atoms with Gasteiger partial charge in [0.15, 0.2) is 17.5 Å². The minimum absolute atomic E-state index is 0.190. The molecule has 0 fully saturated rings. The molecule has 0 amide bonds. The summed E-state index contributed by atoms with van der Waals surface area (Å²) >= 11 is 6.34. The lowest BCUT2D eigenvalue weighted by atomic mass is 9.93. The van der Waals surface area contributed by atoms with Crippen LogP contribution in [0.4, 0.5) is 22.9 Å². The minimum atomic E-state index is -0.190. The zero-order chi connectivity index (χ0) is 27.4. The van der Waals surface area contributed by atoms with Crippen molar-refractivity contribution in [3.05, 3.63) is 130 Å². The summed E-state index contributed by atoms with van der Waals surface area (Å²) in [7, 11) is 0. The molecule has 196 valence electrons. The van der Waals surface area contributed by atoms with Crippen LogP contribution in [0.2, 0.25) is 5.02 Å². The smallest absolute Gasteiger partial charge is 0.179 e. The van der Waals surface area contributed by atoms with Gasteiger partial charge in [0.05, 0.1) is 34.5 Å². The van der Waals surface area contributed by atoms with E-state index >= 15 is 0 Å². The first-order chi connectivity index (χ1) is 19.5. The van der Waals surface area contributed by atoms with Gasteiger partial charge in [0.25, 0.3) is 0 Å². The van der Waals surface area contributed by atoms with Crippen LogP contribution >= 0.6 is 11.6 Å². The van der Waals surface area contributed by atoms with E-state index in [1.807, 2.05) is 53.2 Å². The number of aryl methyl sites for hydroxylation is 2. The lowest BCUT2D eigenvalue weighted by Gasteiger charge is -2.42. The fraction of sp³-hybridized carbons (Fsp3) is 0.121. The molecule has 0 unspecified atom stereocenters. The van der Waals surface area contributed by atoms with Crippen LogP contribution in [-0.4, -0.2) is 21.5 Å². The van der Waals surface area contributed by atoms with Gasteiger partial charge in [-0.05, 0) is 79.9 Å². The minimum Gasteiger partial charge on any atom is -0.335 e. The van der Waals surface area contributed by atoms with Crippen LogP contribution in [0.3, 0.4) is 0 Å². The fourth-order valence-corrected chi connectivity index (χ4v) is 5.64. The van der Waals surface area contributed by atoms with Crippen molar-refractivity contribution in [2.75, 3.05) is 10.2 Å². The van der Waals surface area contributed by atoms with Crippen LogP contribution in [-0.2, 0) is 0 Å². The molecular formula is C33H27ClN6. The first-order valence-corrected chi connectivity index (χ1v) is 13.7. The van der Waals surface area contributed by atoms with Crippen molar-refractivity contribution in [2.45, 2.75) is 26.8 Å². The summed E-state index contributed by atoms with van der Waals surface area (Å²) in [6, 6.07) is 32.5. The maximum atomic E-state index is 6.34. The molecule has 3 heterocycles. The van der Waals surface area contributed by atoms with Crippen LogP contribution in [0, 0.1) is 20.8 Å². The number of benzene rings is 4. The van der Waals surface area contributed by atoms with Crippen LogP contribution in [0.5, 0.6) is 0 Å². The summed E-state index contributed by atoms with van der Waals surface area (Å²) in [5.41, 5.74) is 9.26. The number of hydrogen-bond acceptors (Lipinski definition) is 4. The SMILES string of the molecule is Cc1cccc(N=C2Nc3ccccc3N3C2=Nc2c(c(C)nn2-c2ccccc2)[C@@H]3c2ccc(Cl)cc2)c1C. The third kappa shape index (κ3) is 3.91. The van der Waals surface area contributed by atoms with Gasteiger partial charge in [0, 0.05) is 10.6 Å². The van der Waals surface area contributed by atoms with E-state index in [9.17, 15) is 0 Å². The van der Waals surface area contributed by atoms with Crippen LogP contribution in [0.1, 0.15) is 34.0 Å². The van der Waals surface area contributed by atoms with E-state index in [1.165, 1.54) is 5.56 Å². The van der Waals surface area contributed by atoms with Crippen molar-refractivity contribution >= 4 is 46.2 Å². The average Bonchev–Trinajstić information content (AvgIpc) is 3.31. The topological polar surface area (TPSA) is 57.8 Å². The Labute approximate surface area is 238 Å². The second-order valence-electron chi connectivity index (χ2n) is 10.2. The summed E-state index contributed by atoms with van der Waals surface area (Å²) in [6.07, 6.45) is 0. The van der Waals surface area contributed by atoms with Gasteiger partial charge >= 0.3 is 0 Å². The van der Waals surface area contributed by atoms with E-state index in [4.69, 9.17) is 26.7 Å². The highest BCUT2D eigenvalue weighted by Gasteiger charge is 2.41. The Balaban J connectivity index is 1.54. The van der Waals surface area contributed by atoms with Gasteiger partial charge in [-0.15, -0.1) is 0 Å². The van der Waals surface area contributed by atoms with Gasteiger partial charge in [-0.1, -0.05) is 66.2 Å². The molecule has 0 bridgehead atoms. The molecule has 0 saturated carbocycles. The highest BCUT2D eigenvalue weighted by atomic mass is 35.5. The van der Waals surface area contributed by atoms with Gasteiger partial charge in [0.2, 0.25) is 0 Å². The fourth-order valence-electron chi connectivity index (χ4n) is 5.52. The molecule has 7 rings (SSSR count). The number of nitrogens with zero attached hydrogens (tertiary/aromatic N) is 5. The molecule has 2 aliphatic rings. The zero-order valence-electron chi connectivity index (χ0n) is 22.4. The second kappa shape index (κ2) is 9.50. The lowest BCUT2D eigenvalue weighted by Crippen LogP contribution is -2.48. The number of rotatable bonds is 3. The van der Waals surface area contributed by atoms with Crippen molar-refractivity contribution < 1.29 is 0 Å². The van der Waals surface area contributed by atoms with Crippen molar-refractivity contribution in [1.82, 2.24) is 9.78 Å². The normalized spacial score (nSPS) is 16.6. The van der Waals surface area contributed by atoms with Crippen molar-refractivity contribution in [2.24, 2.45) is 9.98 Å². The molecule has 1 N–H and O–H groups in total. The molecule has 40 heavy (non-hydrogen) atoms. The molecule has 0 aliphatic carbocycles. The molecular weight excluding hydrogens is 516 g/mol. The molecule has 0 spiro atoms. The number of amidine groups is 2. The Bertz CT molecular complexity index is 1820. The third-order valence-corrected chi connectivity index (χ3v) is 7.93. The maximum Gasteiger partial charge on any atom is 0.179 e. The van der Waals surface area contributed by atoms with Gasteiger partial charge in [-0.3, -0.25) is 0 Å². The summed E-state index contributed by atoms with van der Waals surface area (Å²) in [6.45, 7) is 6.27. The van der Waals surface area contributed by atoms with Crippen LogP contribution in [0.15, 0.2) is 107 Å². The first kappa shape index (κ1) is 24.4. The summed E-state index contributed by atoms with van der Waals surface area (Å²) in [5, 5.41) is 9.29. The Morgan fingerprint density at radius 2 is 1.57 bits per heavy atom. The van der Waals surface area contributed by atoms with Crippen LogP contribution in [0.25, 0.3) is 5.69 Å². The van der Waals surface area contributed by atoms with Crippen molar-refractivity contribution in [1.29, 1.82) is 0 Å². The number of halogens is 1. The van der Waals surface area contributed by atoms with E-state index in [0.29, 0.717) is 10.9 Å². The molecule has 0 radical (unpaired) electrons. The monoisotopic (exact) mass is 542 g/mol. The Kier molecular flexibility index (Phi) is 5.79. The number of fused-ring (bicyclic) bond motifs is 4. The van der Waals surface area contributed by atoms with E-state index in [1.54, 1.807) is 0 Å². The standard InChI is InChI=1S/C33H27ClN6/c1-20-10-9-14-26(21(20)2)35-31-33-37-32-29(22(3)38-40(32)25-11-5-4-6-12-25)30(23-16-18-24(34)19-17-23)39(33)28-15-8-7-13-27(28)36-31/h4-19,30H,1-3H3,(H,35,36)/t30-/m0/s1. The molecule has 1 aromatic heterocycles. The lowest BCUT2D eigenvalue weighted by molar-refractivity contribution is 0.816. The predicted molar refractivity (Wildman–Crippen MR) is 164 cm³/mol. The number of para-hydroxylation sites is 3. The molecule has 0 saturated heterocycles. The van der Waals surface area contributed by atoms with E-state index in [2.05, 4.69) is 79.5 Å². The summed E-state index contributed by atoms with van der Waals surface area (Å²) in [5.74, 6) is 2.23. The number of aliphatic imine (C=N–C) groups is 2. The van der Waals surface area contributed by atoms with Crippen molar-refractivity contribution in [3.63, 3.8) is 0 Å². The predicted octanol–water partition coefficient (Wildman–Crippen LogP) is 8.25. The Hall–Kier alpha value is -4.68. The molecule has 6 nitrogen and oxygen atoms in total. The van der Waals surface area contributed by atoms with Gasteiger partial charge in [0.1, 0.15) is 0 Å². The molecule has 2 aliphatic heterocycles. The van der Waals surface area contributed by atoms with Crippen LogP contribution < -0.4 is 10.2 Å². The molecule has 1 atom stereocenters. The summed E-state index contributed by atoms with van der Waals surface area (Å²) in [4.78, 5) is 12.8. The quantitative estimate of drug-likeness (QED) is 0.250.